The Hall–Kier alpha value is -2.90. The van der Waals surface area contributed by atoms with Crippen LogP contribution >= 0.6 is 27.3 Å². The number of aromatic nitrogens is 1. The fraction of sp³-hybridized carbons (Fsp3) is 0.0909. The number of azo groups is 1. The topological polar surface area (TPSA) is 70.2 Å². The van der Waals surface area contributed by atoms with Crippen molar-refractivity contribution in [2.75, 3.05) is 0 Å². The molecule has 0 aliphatic heterocycles. The van der Waals surface area contributed by atoms with Crippen LogP contribution in [-0.2, 0) is 0 Å². The Bertz CT molecular complexity index is 1260. The van der Waals surface area contributed by atoms with E-state index >= 15 is 0 Å². The molecule has 1 N–H and O–H groups in total. The summed E-state index contributed by atoms with van der Waals surface area (Å²) in [5.74, 6) is 0.128. The van der Waals surface area contributed by atoms with Gasteiger partial charge in [0.25, 0.3) is 0 Å². The number of phenols is 1. The van der Waals surface area contributed by atoms with Crippen molar-refractivity contribution < 1.29 is 5.11 Å². The Balaban J connectivity index is 1.60. The van der Waals surface area contributed by atoms with Gasteiger partial charge in [0.15, 0.2) is 0 Å². The van der Waals surface area contributed by atoms with Crippen molar-refractivity contribution in [2.45, 2.75) is 13.8 Å². The first-order chi connectivity index (χ1) is 14.0. The number of halogens is 1. The number of thiazole rings is 1. The van der Waals surface area contributed by atoms with Crippen molar-refractivity contribution in [3.8, 4) is 5.75 Å². The number of benzene rings is 3. The minimum Gasteiger partial charge on any atom is -0.507 e. The van der Waals surface area contributed by atoms with Crippen LogP contribution in [-0.4, -0.2) is 16.3 Å². The van der Waals surface area contributed by atoms with Gasteiger partial charge in [-0.05, 0) is 67.4 Å². The molecule has 1 heterocycles. The molecule has 0 aliphatic carbocycles. The van der Waals surface area contributed by atoms with Crippen molar-refractivity contribution in [3.05, 3.63) is 75.8 Å². The molecule has 0 fully saturated rings. The second kappa shape index (κ2) is 8.23. The van der Waals surface area contributed by atoms with Crippen LogP contribution in [0.5, 0.6) is 5.75 Å². The molecule has 0 bridgehead atoms. The summed E-state index contributed by atoms with van der Waals surface area (Å²) >= 11 is 4.94. The standard InChI is InChI=1S/C22H17BrN4OS/c1-13-8-14(2)21-20(9-13)29-22(25-21)24-12-15-10-18(6-7-19(15)28)27-26-17-5-3-4-16(23)11-17/h3-12,28H,1-2H3/b24-12+,27-26?. The largest absolute Gasteiger partial charge is 0.507 e. The van der Waals surface area contributed by atoms with Gasteiger partial charge in [0, 0.05) is 16.3 Å². The number of aliphatic imine (C=N–C) groups is 1. The summed E-state index contributed by atoms with van der Waals surface area (Å²) in [7, 11) is 0. The van der Waals surface area contributed by atoms with Gasteiger partial charge in [0.05, 0.1) is 21.6 Å². The van der Waals surface area contributed by atoms with Gasteiger partial charge in [-0.1, -0.05) is 39.4 Å². The number of fused-ring (bicyclic) bond motifs is 1. The molecule has 4 rings (SSSR count). The summed E-state index contributed by atoms with van der Waals surface area (Å²) in [6.45, 7) is 4.12. The van der Waals surface area contributed by atoms with Gasteiger partial charge in [-0.3, -0.25) is 0 Å². The molecule has 0 unspecified atom stereocenters. The Kier molecular flexibility index (Phi) is 5.51. The Labute approximate surface area is 180 Å². The smallest absolute Gasteiger partial charge is 0.210 e. The molecule has 4 aromatic rings. The van der Waals surface area contributed by atoms with E-state index in [1.807, 2.05) is 31.2 Å². The van der Waals surface area contributed by atoms with Crippen molar-refractivity contribution in [2.24, 2.45) is 15.2 Å². The predicted octanol–water partition coefficient (Wildman–Crippen LogP) is 7.55. The maximum absolute atomic E-state index is 10.2. The molecular weight excluding hydrogens is 448 g/mol. The lowest BCUT2D eigenvalue weighted by molar-refractivity contribution is 0.474. The van der Waals surface area contributed by atoms with Crippen LogP contribution in [0.1, 0.15) is 16.7 Å². The van der Waals surface area contributed by atoms with Gasteiger partial charge in [-0.15, -0.1) is 0 Å². The van der Waals surface area contributed by atoms with Crippen molar-refractivity contribution in [1.29, 1.82) is 0 Å². The summed E-state index contributed by atoms with van der Waals surface area (Å²) in [6.07, 6.45) is 1.60. The van der Waals surface area contributed by atoms with Gasteiger partial charge in [0.1, 0.15) is 5.75 Å². The SMILES string of the molecule is Cc1cc(C)c2nc(/N=C/c3cc(N=Nc4cccc(Br)c4)ccc3O)sc2c1. The number of phenolic OH excluding ortho intramolecular Hbond substituents is 1. The van der Waals surface area contributed by atoms with Crippen LogP contribution in [0.15, 0.2) is 74.3 Å². The molecule has 0 radical (unpaired) electrons. The number of aryl methyl sites for hydroxylation is 2. The van der Waals surface area contributed by atoms with Crippen molar-refractivity contribution in [1.82, 2.24) is 4.98 Å². The molecule has 0 aliphatic rings. The first kappa shape index (κ1) is 19.4. The lowest BCUT2D eigenvalue weighted by atomic mass is 10.1. The second-order valence-corrected chi connectivity index (χ2v) is 8.53. The molecule has 0 atom stereocenters. The van der Waals surface area contributed by atoms with Gasteiger partial charge < -0.3 is 5.11 Å². The lowest BCUT2D eigenvalue weighted by Crippen LogP contribution is -1.82. The van der Waals surface area contributed by atoms with Gasteiger partial charge in [0.2, 0.25) is 5.13 Å². The molecule has 29 heavy (non-hydrogen) atoms. The fourth-order valence-electron chi connectivity index (χ4n) is 2.90. The molecule has 0 saturated heterocycles. The van der Waals surface area contributed by atoms with E-state index in [4.69, 9.17) is 0 Å². The lowest BCUT2D eigenvalue weighted by Gasteiger charge is -2.00. The van der Waals surface area contributed by atoms with E-state index in [0.29, 0.717) is 16.4 Å². The highest BCUT2D eigenvalue weighted by Crippen LogP contribution is 2.31. The first-order valence-corrected chi connectivity index (χ1v) is 10.5. The van der Waals surface area contributed by atoms with Crippen molar-refractivity contribution in [3.63, 3.8) is 0 Å². The highest BCUT2D eigenvalue weighted by atomic mass is 79.9. The molecular formula is C22H17BrN4OS. The Morgan fingerprint density at radius 2 is 1.79 bits per heavy atom. The van der Waals surface area contributed by atoms with Crippen LogP contribution in [0.4, 0.5) is 16.5 Å². The summed E-state index contributed by atoms with van der Waals surface area (Å²) in [6, 6.07) is 16.8. The molecule has 1 aromatic heterocycles. The fourth-order valence-corrected chi connectivity index (χ4v) is 4.27. The molecule has 7 heteroatoms. The number of hydrogen-bond acceptors (Lipinski definition) is 6. The predicted molar refractivity (Wildman–Crippen MR) is 123 cm³/mol. The highest BCUT2D eigenvalue weighted by Gasteiger charge is 2.07. The maximum Gasteiger partial charge on any atom is 0.210 e. The zero-order valence-corrected chi connectivity index (χ0v) is 18.2. The van der Waals surface area contributed by atoms with E-state index in [2.05, 4.69) is 55.2 Å². The molecule has 0 spiro atoms. The van der Waals surface area contributed by atoms with Crippen LogP contribution in [0.3, 0.4) is 0 Å². The van der Waals surface area contributed by atoms with Crippen LogP contribution < -0.4 is 0 Å². The van der Waals surface area contributed by atoms with Crippen LogP contribution in [0, 0.1) is 13.8 Å². The number of rotatable bonds is 4. The van der Waals surface area contributed by atoms with E-state index in [9.17, 15) is 5.11 Å². The molecule has 0 saturated carbocycles. The van der Waals surface area contributed by atoms with Crippen LogP contribution in [0.25, 0.3) is 10.2 Å². The average molecular weight is 465 g/mol. The summed E-state index contributed by atoms with van der Waals surface area (Å²) in [4.78, 5) is 9.06. The Morgan fingerprint density at radius 3 is 2.59 bits per heavy atom. The third kappa shape index (κ3) is 4.58. The van der Waals surface area contributed by atoms with E-state index < -0.39 is 0 Å². The van der Waals surface area contributed by atoms with Gasteiger partial charge in [-0.2, -0.15) is 10.2 Å². The zero-order valence-electron chi connectivity index (χ0n) is 15.8. The summed E-state index contributed by atoms with van der Waals surface area (Å²) in [5, 5.41) is 19.3. The van der Waals surface area contributed by atoms with Crippen LogP contribution in [0.2, 0.25) is 0 Å². The summed E-state index contributed by atoms with van der Waals surface area (Å²) in [5.41, 5.74) is 5.23. The van der Waals surface area contributed by atoms with E-state index in [-0.39, 0.29) is 5.75 Å². The summed E-state index contributed by atoms with van der Waals surface area (Å²) < 4.78 is 2.05. The molecule has 5 nitrogen and oxygen atoms in total. The number of nitrogens with zero attached hydrogens (tertiary/aromatic N) is 4. The normalized spacial score (nSPS) is 11.8. The maximum atomic E-state index is 10.2. The van der Waals surface area contributed by atoms with E-state index in [1.54, 1.807) is 24.4 Å². The molecule has 144 valence electrons. The Morgan fingerprint density at radius 1 is 1.00 bits per heavy atom. The minimum atomic E-state index is 0.128. The monoisotopic (exact) mass is 464 g/mol. The molecule has 3 aromatic carbocycles. The first-order valence-electron chi connectivity index (χ1n) is 8.90. The third-order valence-corrected chi connectivity index (χ3v) is 5.64. The minimum absolute atomic E-state index is 0.128. The van der Waals surface area contributed by atoms with Gasteiger partial charge >= 0.3 is 0 Å². The zero-order chi connectivity index (χ0) is 20.4. The second-order valence-electron chi connectivity index (χ2n) is 6.61. The molecule has 0 amide bonds. The third-order valence-electron chi connectivity index (χ3n) is 4.23. The van der Waals surface area contributed by atoms with Gasteiger partial charge in [-0.25, -0.2) is 9.98 Å². The highest BCUT2D eigenvalue weighted by molar-refractivity contribution is 9.10. The number of aromatic hydroxyl groups is 1. The quantitative estimate of drug-likeness (QED) is 0.250. The van der Waals surface area contributed by atoms with E-state index in [0.717, 1.165) is 25.9 Å². The number of hydrogen-bond donors (Lipinski definition) is 1. The van der Waals surface area contributed by atoms with E-state index in [1.165, 1.54) is 16.9 Å². The average Bonchev–Trinajstić information content (AvgIpc) is 3.09. The van der Waals surface area contributed by atoms with Crippen molar-refractivity contribution >= 4 is 60.2 Å².